The summed E-state index contributed by atoms with van der Waals surface area (Å²) in [5.41, 5.74) is 11.8. The Morgan fingerprint density at radius 2 is 0.598 bits per heavy atom. The number of fused-ring (bicyclic) bond motifs is 6. The highest BCUT2D eigenvalue weighted by Crippen LogP contribution is 2.41. The minimum Gasteiger partial charge on any atom is -0.309 e. The molecule has 13 aromatic carbocycles. The zero-order valence-corrected chi connectivity index (χ0v) is 47.2. The molecule has 0 saturated heterocycles. The molecule has 0 saturated carbocycles. The summed E-state index contributed by atoms with van der Waals surface area (Å²) in [4.78, 5) is 0. The van der Waals surface area contributed by atoms with Crippen molar-refractivity contribution in [2.24, 2.45) is 0 Å². The number of hydrogen-bond acceptors (Lipinski definition) is 0. The van der Waals surface area contributed by atoms with Crippen LogP contribution in [0, 0.1) is 0 Å². The molecule has 0 fully saturated rings. The van der Waals surface area contributed by atoms with Crippen LogP contribution >= 0.6 is 0 Å². The van der Waals surface area contributed by atoms with Gasteiger partial charge < -0.3 is 9.13 Å². The van der Waals surface area contributed by atoms with Crippen LogP contribution in [-0.2, 0) is 0 Å². The molecule has 4 heteroatoms. The summed E-state index contributed by atoms with van der Waals surface area (Å²) < 4.78 is 5.08. The highest BCUT2D eigenvalue weighted by Gasteiger charge is 2.44. The van der Waals surface area contributed by atoms with E-state index in [4.69, 9.17) is 0 Å². The summed E-state index contributed by atoms with van der Waals surface area (Å²) in [6.07, 6.45) is 0. The maximum atomic E-state index is 2.58. The third-order valence-corrected chi connectivity index (χ3v) is 26.8. The number of hydrogen-bond donors (Lipinski definition) is 0. The number of para-hydroxylation sites is 1. The van der Waals surface area contributed by atoms with E-state index in [9.17, 15) is 0 Å². The van der Waals surface area contributed by atoms with Gasteiger partial charge in [0.1, 0.15) is 0 Å². The van der Waals surface area contributed by atoms with Gasteiger partial charge in [0, 0.05) is 32.9 Å². The molecule has 2 heterocycles. The van der Waals surface area contributed by atoms with Gasteiger partial charge in [-0.2, -0.15) is 0 Å². The molecule has 0 aliphatic carbocycles. The van der Waals surface area contributed by atoms with Crippen molar-refractivity contribution in [2.45, 2.75) is 0 Å². The van der Waals surface area contributed by atoms with Crippen molar-refractivity contribution < 1.29 is 0 Å². The van der Waals surface area contributed by atoms with Crippen molar-refractivity contribution in [1.82, 2.24) is 9.13 Å². The van der Waals surface area contributed by atoms with E-state index in [1.165, 1.54) is 102 Å². The molecule has 82 heavy (non-hydrogen) atoms. The normalized spacial score (nSPS) is 11.9. The highest BCUT2D eigenvalue weighted by atomic mass is 28.3. The summed E-state index contributed by atoms with van der Waals surface area (Å²) in [5, 5.41) is 15.7. The van der Waals surface area contributed by atoms with Gasteiger partial charge in [-0.15, -0.1) is 0 Å². The van der Waals surface area contributed by atoms with E-state index in [2.05, 4.69) is 349 Å². The fraction of sp³-hybridized carbons (Fsp3) is 0. The van der Waals surface area contributed by atoms with Crippen LogP contribution in [0.15, 0.2) is 340 Å². The van der Waals surface area contributed by atoms with Crippen LogP contribution in [0.2, 0.25) is 0 Å². The van der Waals surface area contributed by atoms with Crippen molar-refractivity contribution in [3.8, 4) is 33.6 Å². The van der Waals surface area contributed by atoms with Crippen molar-refractivity contribution in [2.75, 3.05) is 0 Å². The van der Waals surface area contributed by atoms with Crippen LogP contribution in [0.1, 0.15) is 0 Å². The molecule has 0 aliphatic rings. The summed E-state index contributed by atoms with van der Waals surface area (Å²) >= 11 is 0. The first-order chi connectivity index (χ1) is 40.7. The lowest BCUT2D eigenvalue weighted by atomic mass is 9.99. The Labute approximate surface area is 480 Å². The van der Waals surface area contributed by atoms with Gasteiger partial charge in [0.25, 0.3) is 0 Å². The predicted molar refractivity (Wildman–Crippen MR) is 353 cm³/mol. The van der Waals surface area contributed by atoms with Crippen LogP contribution < -0.4 is 41.5 Å². The van der Waals surface area contributed by atoms with Gasteiger partial charge in [0.15, 0.2) is 16.1 Å². The number of nitrogens with zero attached hydrogens (tertiary/aromatic N) is 2. The van der Waals surface area contributed by atoms with E-state index in [0.29, 0.717) is 0 Å². The fourth-order valence-corrected chi connectivity index (χ4v) is 23.6. The molecule has 2 nitrogen and oxygen atoms in total. The van der Waals surface area contributed by atoms with Gasteiger partial charge in [0.05, 0.1) is 22.1 Å². The minimum absolute atomic E-state index is 1.12. The van der Waals surface area contributed by atoms with Gasteiger partial charge in [-0.25, -0.2) is 0 Å². The second-order valence-electron chi connectivity index (χ2n) is 21.5. The fourth-order valence-electron chi connectivity index (χ4n) is 13.8. The Bertz CT molecular complexity index is 4630. The lowest BCUT2D eigenvalue weighted by Gasteiger charge is -2.35. The first-order valence-corrected chi connectivity index (χ1v) is 32.4. The topological polar surface area (TPSA) is 9.86 Å². The van der Waals surface area contributed by atoms with Gasteiger partial charge in [-0.05, 0) is 112 Å². The van der Waals surface area contributed by atoms with E-state index in [1.54, 1.807) is 0 Å². The average Bonchev–Trinajstić information content (AvgIpc) is 3.20. The van der Waals surface area contributed by atoms with Crippen molar-refractivity contribution in [3.63, 3.8) is 0 Å². The van der Waals surface area contributed by atoms with Crippen LogP contribution in [-0.4, -0.2) is 25.3 Å². The Kier molecular flexibility index (Phi) is 12.3. The maximum Gasteiger partial charge on any atom is 0.180 e. The molecule has 15 rings (SSSR count). The van der Waals surface area contributed by atoms with E-state index >= 15 is 0 Å². The second kappa shape index (κ2) is 20.5. The SMILES string of the molecule is c1ccc(-c2cccc([Si](c3ccccc3)(c3ccccc3)c3cccc(-n4c5ccc(-n6c7ccccc7c7c(-c8ccccc8)cccc76)cc5c5c([Si](c6ccccc6)(c6ccccc6)c6ccccc6)cccc54)c3)c2)cc1. The molecule has 0 aliphatic heterocycles. The Morgan fingerprint density at radius 1 is 0.207 bits per heavy atom. The monoisotopic (exact) mass is 1080 g/mol. The van der Waals surface area contributed by atoms with Crippen molar-refractivity contribution >= 4 is 101 Å². The Hall–Kier alpha value is -10.1. The molecule has 0 unspecified atom stereocenters. The number of benzene rings is 13. The van der Waals surface area contributed by atoms with E-state index < -0.39 is 16.1 Å². The van der Waals surface area contributed by atoms with Crippen LogP contribution in [0.4, 0.5) is 0 Å². The Morgan fingerprint density at radius 3 is 1.17 bits per heavy atom. The molecular weight excluding hydrogens is 1020 g/mol. The summed E-state index contributed by atoms with van der Waals surface area (Å²) in [6.45, 7) is 0. The standard InChI is InChI=1S/C78H56N2Si2/c1-8-28-57(29-9-1)59-32-24-44-67(54-59)81(62-34-12-3-13-35-62,63-36-14-4-15-37-63)68-45-25-33-60(55-68)79-73-53-52-61(80-72-48-23-22-46-70(72)77-69(47-26-49-74(77)80)58-30-10-2-11-31-58)56-71(73)78-75(79)50-27-51-76(78)82(64-38-16-5-17-39-64,65-40-18-6-19-41-65)66-42-20-7-21-43-66/h1-56H. The minimum atomic E-state index is -3.11. The smallest absolute Gasteiger partial charge is 0.180 e. The quantitative estimate of drug-likeness (QED) is 0.0852. The molecule has 2 aromatic heterocycles. The summed E-state index contributed by atoms with van der Waals surface area (Å²) in [7, 11) is -6.16. The molecule has 0 radical (unpaired) electrons. The zero-order chi connectivity index (χ0) is 54.5. The molecule has 0 amide bonds. The lowest BCUT2D eigenvalue weighted by molar-refractivity contribution is 1.17. The Balaban J connectivity index is 1.06. The second-order valence-corrected chi connectivity index (χ2v) is 29.1. The molecule has 386 valence electrons. The molecule has 0 spiro atoms. The molecule has 0 N–H and O–H groups in total. The van der Waals surface area contributed by atoms with Gasteiger partial charge >= 0.3 is 0 Å². The number of aromatic nitrogens is 2. The van der Waals surface area contributed by atoms with Gasteiger partial charge in [0.2, 0.25) is 0 Å². The summed E-state index contributed by atoms with van der Waals surface area (Å²) in [6, 6.07) is 128. The average molecular weight is 1080 g/mol. The molecule has 0 atom stereocenters. The third-order valence-electron chi connectivity index (χ3n) is 17.2. The lowest BCUT2D eigenvalue weighted by Crippen LogP contribution is -2.74. The molecule has 0 bridgehead atoms. The van der Waals surface area contributed by atoms with E-state index in [0.717, 1.165) is 16.9 Å². The predicted octanol–water partition coefficient (Wildman–Crippen LogP) is 14.0. The molecular formula is C78H56N2Si2. The maximum absolute atomic E-state index is 3.11. The first-order valence-electron chi connectivity index (χ1n) is 28.4. The van der Waals surface area contributed by atoms with Crippen LogP contribution in [0.3, 0.4) is 0 Å². The van der Waals surface area contributed by atoms with Crippen molar-refractivity contribution in [3.05, 3.63) is 340 Å². The number of rotatable bonds is 12. The third kappa shape index (κ3) is 7.83. The zero-order valence-electron chi connectivity index (χ0n) is 45.2. The van der Waals surface area contributed by atoms with E-state index in [1.807, 2.05) is 0 Å². The van der Waals surface area contributed by atoms with Crippen LogP contribution in [0.25, 0.3) is 77.2 Å². The van der Waals surface area contributed by atoms with E-state index in [-0.39, 0.29) is 0 Å². The largest absolute Gasteiger partial charge is 0.309 e. The van der Waals surface area contributed by atoms with Crippen LogP contribution in [0.5, 0.6) is 0 Å². The highest BCUT2D eigenvalue weighted by molar-refractivity contribution is 7.21. The first kappa shape index (κ1) is 49.0. The summed E-state index contributed by atoms with van der Waals surface area (Å²) in [5.74, 6) is 0. The van der Waals surface area contributed by atoms with Gasteiger partial charge in [-0.1, -0.05) is 291 Å². The molecule has 15 aromatic rings. The van der Waals surface area contributed by atoms with Crippen molar-refractivity contribution in [1.29, 1.82) is 0 Å². The van der Waals surface area contributed by atoms with Gasteiger partial charge in [-0.3, -0.25) is 0 Å².